The molecule has 12 heavy (non-hydrogen) atoms. The van der Waals surface area contributed by atoms with Crippen LogP contribution in [0.4, 0.5) is 0 Å². The number of benzene rings is 1. The van der Waals surface area contributed by atoms with Crippen LogP contribution in [0.5, 0.6) is 0 Å². The molecule has 0 spiro atoms. The van der Waals surface area contributed by atoms with Crippen LogP contribution in [0.25, 0.3) is 0 Å². The van der Waals surface area contributed by atoms with Gasteiger partial charge >= 0.3 is 0 Å². The van der Waals surface area contributed by atoms with E-state index in [1.807, 2.05) is 0 Å². The third-order valence-electron chi connectivity index (χ3n) is 2.26. The molecule has 1 aromatic carbocycles. The van der Waals surface area contributed by atoms with Gasteiger partial charge in [0.05, 0.1) is 0 Å². The Bertz CT molecular complexity index is 277. The molecule has 0 fully saturated rings. The summed E-state index contributed by atoms with van der Waals surface area (Å²) in [5, 5.41) is 0. The molecule has 0 aliphatic rings. The lowest BCUT2D eigenvalue weighted by Gasteiger charge is -2.08. The number of aryl methyl sites for hydroxylation is 2. The van der Waals surface area contributed by atoms with Crippen molar-refractivity contribution >= 4 is 15.9 Å². The molecule has 0 atom stereocenters. The van der Waals surface area contributed by atoms with Crippen molar-refractivity contribution in [2.45, 2.75) is 33.6 Å². The molecular formula is C11H15Br. The molecule has 0 aliphatic carbocycles. The van der Waals surface area contributed by atoms with Crippen LogP contribution in [-0.2, 0) is 6.42 Å². The van der Waals surface area contributed by atoms with Crippen molar-refractivity contribution in [2.75, 3.05) is 0 Å². The maximum absolute atomic E-state index is 3.52. The van der Waals surface area contributed by atoms with E-state index in [9.17, 15) is 0 Å². The summed E-state index contributed by atoms with van der Waals surface area (Å²) in [6, 6.07) is 4.40. The van der Waals surface area contributed by atoms with E-state index in [1.54, 1.807) is 0 Å². The number of rotatable bonds is 2. The highest BCUT2D eigenvalue weighted by molar-refractivity contribution is 9.10. The molecule has 0 aliphatic heterocycles. The SMILES string of the molecule is CCCc1cc(Br)cc(C)c1C. The van der Waals surface area contributed by atoms with Gasteiger partial charge in [-0.3, -0.25) is 0 Å². The first kappa shape index (κ1) is 9.79. The quantitative estimate of drug-likeness (QED) is 0.715. The average Bonchev–Trinajstić information content (AvgIpc) is 2.00. The van der Waals surface area contributed by atoms with Crippen LogP contribution in [0.1, 0.15) is 30.0 Å². The van der Waals surface area contributed by atoms with Crippen molar-refractivity contribution in [3.63, 3.8) is 0 Å². The summed E-state index contributed by atoms with van der Waals surface area (Å²) in [5.74, 6) is 0. The first-order valence-electron chi connectivity index (χ1n) is 4.40. The molecule has 1 rings (SSSR count). The molecule has 0 bridgehead atoms. The molecule has 0 saturated carbocycles. The lowest BCUT2D eigenvalue weighted by atomic mass is 10.0. The molecule has 66 valence electrons. The standard InChI is InChI=1S/C11H15Br/c1-4-5-10-7-11(12)6-8(2)9(10)3/h6-7H,4-5H2,1-3H3. The van der Waals surface area contributed by atoms with Gasteiger partial charge in [0, 0.05) is 4.47 Å². The molecule has 0 saturated heterocycles. The Morgan fingerprint density at radius 3 is 2.50 bits per heavy atom. The molecule has 1 aromatic rings. The highest BCUT2D eigenvalue weighted by Crippen LogP contribution is 2.21. The third kappa shape index (κ3) is 2.10. The Morgan fingerprint density at radius 2 is 1.92 bits per heavy atom. The van der Waals surface area contributed by atoms with Gasteiger partial charge in [-0.1, -0.05) is 29.3 Å². The highest BCUT2D eigenvalue weighted by Gasteiger charge is 2.01. The van der Waals surface area contributed by atoms with E-state index in [1.165, 1.54) is 34.0 Å². The summed E-state index contributed by atoms with van der Waals surface area (Å²) < 4.78 is 1.20. The molecule has 0 aromatic heterocycles. The maximum atomic E-state index is 3.52. The molecule has 0 N–H and O–H groups in total. The van der Waals surface area contributed by atoms with E-state index in [-0.39, 0.29) is 0 Å². The van der Waals surface area contributed by atoms with Crippen LogP contribution in [0, 0.1) is 13.8 Å². The van der Waals surface area contributed by atoms with Crippen LogP contribution in [0.15, 0.2) is 16.6 Å². The minimum absolute atomic E-state index is 1.19. The molecular weight excluding hydrogens is 212 g/mol. The van der Waals surface area contributed by atoms with Gasteiger partial charge < -0.3 is 0 Å². The van der Waals surface area contributed by atoms with E-state index >= 15 is 0 Å². The summed E-state index contributed by atoms with van der Waals surface area (Å²) >= 11 is 3.52. The van der Waals surface area contributed by atoms with Crippen LogP contribution in [-0.4, -0.2) is 0 Å². The van der Waals surface area contributed by atoms with Crippen LogP contribution >= 0.6 is 15.9 Å². The Kier molecular flexibility index (Phi) is 3.33. The average molecular weight is 227 g/mol. The minimum Gasteiger partial charge on any atom is -0.0651 e. The summed E-state index contributed by atoms with van der Waals surface area (Å²) in [5.41, 5.74) is 4.30. The smallest absolute Gasteiger partial charge is 0.0180 e. The highest BCUT2D eigenvalue weighted by atomic mass is 79.9. The predicted molar refractivity (Wildman–Crippen MR) is 57.6 cm³/mol. The van der Waals surface area contributed by atoms with Gasteiger partial charge in [0.15, 0.2) is 0 Å². The van der Waals surface area contributed by atoms with E-state index in [2.05, 4.69) is 48.8 Å². The molecule has 1 heteroatoms. The van der Waals surface area contributed by atoms with Gasteiger partial charge in [-0.05, 0) is 49.1 Å². The fourth-order valence-electron chi connectivity index (χ4n) is 1.41. The Morgan fingerprint density at radius 1 is 1.25 bits per heavy atom. The second kappa shape index (κ2) is 4.08. The van der Waals surface area contributed by atoms with E-state index in [0.717, 1.165) is 0 Å². The first-order chi connectivity index (χ1) is 5.65. The van der Waals surface area contributed by atoms with Crippen LogP contribution < -0.4 is 0 Å². The van der Waals surface area contributed by atoms with Crippen molar-refractivity contribution in [1.29, 1.82) is 0 Å². The summed E-state index contributed by atoms with van der Waals surface area (Å²) in [6.45, 7) is 6.59. The van der Waals surface area contributed by atoms with Gasteiger partial charge in [-0.25, -0.2) is 0 Å². The molecule has 0 amide bonds. The second-order valence-corrected chi connectivity index (χ2v) is 4.17. The molecule has 0 heterocycles. The minimum atomic E-state index is 1.19. The van der Waals surface area contributed by atoms with Gasteiger partial charge in [-0.2, -0.15) is 0 Å². The Balaban J connectivity index is 3.09. The van der Waals surface area contributed by atoms with Crippen molar-refractivity contribution in [1.82, 2.24) is 0 Å². The van der Waals surface area contributed by atoms with Gasteiger partial charge in [-0.15, -0.1) is 0 Å². The number of halogens is 1. The summed E-state index contributed by atoms with van der Waals surface area (Å²) in [7, 11) is 0. The zero-order valence-corrected chi connectivity index (χ0v) is 9.53. The van der Waals surface area contributed by atoms with Crippen LogP contribution in [0.3, 0.4) is 0 Å². The molecule has 0 radical (unpaired) electrons. The van der Waals surface area contributed by atoms with Gasteiger partial charge in [0.2, 0.25) is 0 Å². The van der Waals surface area contributed by atoms with E-state index in [0.29, 0.717) is 0 Å². The monoisotopic (exact) mass is 226 g/mol. The zero-order valence-electron chi connectivity index (χ0n) is 7.95. The normalized spacial score (nSPS) is 10.3. The fraction of sp³-hybridized carbons (Fsp3) is 0.455. The maximum Gasteiger partial charge on any atom is 0.0180 e. The van der Waals surface area contributed by atoms with Gasteiger partial charge in [0.1, 0.15) is 0 Å². The van der Waals surface area contributed by atoms with E-state index < -0.39 is 0 Å². The van der Waals surface area contributed by atoms with Gasteiger partial charge in [0.25, 0.3) is 0 Å². The largest absolute Gasteiger partial charge is 0.0651 e. The van der Waals surface area contributed by atoms with Crippen molar-refractivity contribution in [2.24, 2.45) is 0 Å². The number of hydrogen-bond donors (Lipinski definition) is 0. The first-order valence-corrected chi connectivity index (χ1v) is 5.20. The molecule has 0 nitrogen and oxygen atoms in total. The van der Waals surface area contributed by atoms with Crippen LogP contribution in [0.2, 0.25) is 0 Å². The van der Waals surface area contributed by atoms with Crippen molar-refractivity contribution in [3.8, 4) is 0 Å². The predicted octanol–water partition coefficient (Wildman–Crippen LogP) is 4.02. The molecule has 0 unspecified atom stereocenters. The summed E-state index contributed by atoms with van der Waals surface area (Å²) in [4.78, 5) is 0. The topological polar surface area (TPSA) is 0 Å². The Labute approximate surface area is 83.1 Å². The third-order valence-corrected chi connectivity index (χ3v) is 2.72. The van der Waals surface area contributed by atoms with Crippen molar-refractivity contribution < 1.29 is 0 Å². The summed E-state index contributed by atoms with van der Waals surface area (Å²) in [6.07, 6.45) is 2.41. The number of hydrogen-bond acceptors (Lipinski definition) is 0. The lowest BCUT2D eigenvalue weighted by molar-refractivity contribution is 0.909. The zero-order chi connectivity index (χ0) is 9.14. The lowest BCUT2D eigenvalue weighted by Crippen LogP contribution is -1.91. The van der Waals surface area contributed by atoms with E-state index in [4.69, 9.17) is 0 Å². The second-order valence-electron chi connectivity index (χ2n) is 3.26. The fourth-order valence-corrected chi connectivity index (χ4v) is 2.03. The van der Waals surface area contributed by atoms with Crippen molar-refractivity contribution in [3.05, 3.63) is 33.3 Å². The Hall–Kier alpha value is -0.300.